The van der Waals surface area contributed by atoms with Crippen molar-refractivity contribution in [3.8, 4) is 0 Å². The van der Waals surface area contributed by atoms with Crippen molar-refractivity contribution < 1.29 is 28.9 Å². The molecule has 0 nitrogen and oxygen atoms in total. The molecule has 0 amide bonds. The molecule has 7 aromatic rings. The van der Waals surface area contributed by atoms with Gasteiger partial charge in [0.25, 0.3) is 0 Å². The molecule has 7 aromatic carbocycles. The topological polar surface area (TPSA) is 0 Å². The number of fused-ring (bicyclic) bond motifs is 2. The van der Waals surface area contributed by atoms with Crippen LogP contribution in [0.1, 0.15) is 22.3 Å². The summed E-state index contributed by atoms with van der Waals surface area (Å²) < 4.78 is 0. The van der Waals surface area contributed by atoms with Gasteiger partial charge in [0.15, 0.2) is 23.4 Å². The molecular formula is C51H39ClNiP2. The zero-order chi connectivity index (χ0) is 35.8. The normalized spacial score (nSPS) is 13.0. The predicted octanol–water partition coefficient (Wildman–Crippen LogP) is 5.68. The van der Waals surface area contributed by atoms with Crippen LogP contribution in [-0.2, 0) is 16.5 Å². The molecule has 270 valence electrons. The molecule has 0 spiro atoms. The van der Waals surface area contributed by atoms with Gasteiger partial charge in [-0.15, -0.1) is 36.3 Å². The van der Waals surface area contributed by atoms with Gasteiger partial charge in [0.1, 0.15) is 0 Å². The Hall–Kier alpha value is -4.99. The summed E-state index contributed by atoms with van der Waals surface area (Å²) in [5.41, 5.74) is 6.37. The van der Waals surface area contributed by atoms with Crippen LogP contribution < -0.4 is 49.4 Å². The fourth-order valence-electron chi connectivity index (χ4n) is 7.06. The molecule has 0 aromatic heterocycles. The number of hydrogen-bond donors (Lipinski definition) is 0. The average Bonchev–Trinajstić information content (AvgIpc) is 3.23. The number of allylic oxidation sites excluding steroid dienone is 3. The third-order valence-corrected chi connectivity index (χ3v) is 14.4. The van der Waals surface area contributed by atoms with E-state index in [1.165, 1.54) is 70.1 Å². The van der Waals surface area contributed by atoms with E-state index in [0.717, 1.165) is 0 Å². The molecule has 0 saturated carbocycles. The Morgan fingerprint density at radius 2 is 1.15 bits per heavy atom. The quantitative estimate of drug-likeness (QED) is 0.120. The van der Waals surface area contributed by atoms with Crippen molar-refractivity contribution in [2.24, 2.45) is 0 Å². The summed E-state index contributed by atoms with van der Waals surface area (Å²) in [6.45, 7) is 2.03. The number of benzene rings is 7. The van der Waals surface area contributed by atoms with E-state index >= 15 is 0 Å². The minimum Gasteiger partial charge on any atom is -1.00 e. The van der Waals surface area contributed by atoms with Crippen LogP contribution in [0.3, 0.4) is 0 Å². The average molecular weight is 808 g/mol. The summed E-state index contributed by atoms with van der Waals surface area (Å²) >= 11 is 0. The molecule has 2 aliphatic carbocycles. The summed E-state index contributed by atoms with van der Waals surface area (Å²) in [4.78, 5) is 0. The van der Waals surface area contributed by atoms with E-state index in [1.54, 1.807) is 0 Å². The van der Waals surface area contributed by atoms with Gasteiger partial charge in [0, 0.05) is 5.57 Å². The van der Waals surface area contributed by atoms with Crippen LogP contribution in [0.15, 0.2) is 200 Å². The van der Waals surface area contributed by atoms with E-state index in [2.05, 4.69) is 201 Å². The Balaban J connectivity index is 0.000000517. The number of hydrogen-bond acceptors (Lipinski definition) is 0. The van der Waals surface area contributed by atoms with Crippen molar-refractivity contribution in [3.05, 3.63) is 245 Å². The molecule has 4 heteroatoms. The second kappa shape index (κ2) is 19.1. The summed E-state index contributed by atoms with van der Waals surface area (Å²) in [6.07, 6.45) is 13.7. The van der Waals surface area contributed by atoms with Crippen molar-refractivity contribution in [2.75, 3.05) is 0 Å². The molecule has 9 rings (SSSR count). The molecule has 55 heavy (non-hydrogen) atoms. The molecule has 0 saturated heterocycles. The van der Waals surface area contributed by atoms with Crippen LogP contribution in [0.25, 0.3) is 17.7 Å². The molecule has 0 unspecified atom stereocenters. The minimum atomic E-state index is -0.852. The maximum absolute atomic E-state index is 3.03. The van der Waals surface area contributed by atoms with E-state index in [-0.39, 0.29) is 28.9 Å². The van der Waals surface area contributed by atoms with Crippen LogP contribution in [0.2, 0.25) is 0 Å². The molecule has 0 N–H and O–H groups in total. The van der Waals surface area contributed by atoms with Crippen LogP contribution >= 0.6 is 15.5 Å². The monoisotopic (exact) mass is 806 g/mol. The first-order valence-corrected chi connectivity index (χ1v) is 20.7. The smallest absolute Gasteiger partial charge is 1.00 e. The van der Waals surface area contributed by atoms with Crippen LogP contribution in [0, 0.1) is 19.4 Å². The van der Waals surface area contributed by atoms with Gasteiger partial charge in [0.05, 0.1) is 0 Å². The molecule has 0 bridgehead atoms. The van der Waals surface area contributed by atoms with E-state index < -0.39 is 15.5 Å². The number of rotatable bonds is 5. The summed E-state index contributed by atoms with van der Waals surface area (Å²) in [7, 11) is -1.70. The first-order chi connectivity index (χ1) is 26.3. The van der Waals surface area contributed by atoms with Gasteiger partial charge in [0.2, 0.25) is 0 Å². The predicted molar refractivity (Wildman–Crippen MR) is 233 cm³/mol. The molecule has 0 radical (unpaired) electrons. The Labute approximate surface area is 344 Å². The van der Waals surface area contributed by atoms with E-state index in [1.807, 2.05) is 31.2 Å². The van der Waals surface area contributed by atoms with Crippen LogP contribution in [0.5, 0.6) is 0 Å². The minimum absolute atomic E-state index is 0. The third-order valence-electron chi connectivity index (χ3n) is 9.47. The van der Waals surface area contributed by atoms with Gasteiger partial charge >= 0.3 is 16.5 Å². The SMILES string of the molecule is C1=C[CH-]c2ccc(P(c3ccccc3)c3ccccc3)/c(=C3\C(=[P+](c4ccccc4)c4ccccc4)C=Cc4ccccc43)c2=C1.Cc1[c-]cccc1.[Cl-].[Ni+2]. The second-order valence-corrected chi connectivity index (χ2v) is 17.3. The molecule has 0 heterocycles. The zero-order valence-electron chi connectivity index (χ0n) is 30.4. The largest absolute Gasteiger partial charge is 2.00 e. The van der Waals surface area contributed by atoms with E-state index in [4.69, 9.17) is 0 Å². The summed E-state index contributed by atoms with van der Waals surface area (Å²) in [6, 6.07) is 69.1. The van der Waals surface area contributed by atoms with Crippen molar-refractivity contribution in [1.82, 2.24) is 0 Å². The summed E-state index contributed by atoms with van der Waals surface area (Å²) in [5, 5.41) is 10.9. The van der Waals surface area contributed by atoms with Gasteiger partial charge in [-0.1, -0.05) is 140 Å². The molecule has 0 aliphatic heterocycles. The van der Waals surface area contributed by atoms with Gasteiger partial charge in [-0.05, 0) is 76.6 Å². The molecule has 2 aliphatic rings. The Morgan fingerprint density at radius 3 is 1.71 bits per heavy atom. The molecule has 0 fully saturated rings. The van der Waals surface area contributed by atoms with Gasteiger partial charge < -0.3 is 12.4 Å². The van der Waals surface area contributed by atoms with Gasteiger partial charge in [-0.3, -0.25) is 0 Å². The zero-order valence-corrected chi connectivity index (χ0v) is 33.9. The van der Waals surface area contributed by atoms with Crippen molar-refractivity contribution >= 4 is 65.0 Å². The first-order valence-electron chi connectivity index (χ1n) is 18.0. The summed E-state index contributed by atoms with van der Waals surface area (Å²) in [5.74, 6) is 0. The van der Waals surface area contributed by atoms with Crippen molar-refractivity contribution in [2.45, 2.75) is 6.92 Å². The molecular weight excluding hydrogens is 769 g/mol. The third kappa shape index (κ3) is 8.79. The van der Waals surface area contributed by atoms with Gasteiger partial charge in [-0.2, -0.15) is 35.9 Å². The fourth-order valence-corrected chi connectivity index (χ4v) is 12.0. The fraction of sp³-hybridized carbons (Fsp3) is 0.0196. The van der Waals surface area contributed by atoms with Crippen LogP contribution in [0.4, 0.5) is 0 Å². The van der Waals surface area contributed by atoms with E-state index in [9.17, 15) is 0 Å². The van der Waals surface area contributed by atoms with Crippen molar-refractivity contribution in [3.63, 3.8) is 0 Å². The Morgan fingerprint density at radius 1 is 0.582 bits per heavy atom. The molecule has 0 atom stereocenters. The maximum atomic E-state index is 3.03. The Bertz CT molecular complexity index is 2480. The van der Waals surface area contributed by atoms with Crippen LogP contribution in [-0.4, -0.2) is 5.29 Å². The standard InChI is InChI=1S/C44H32P2.C7H7.ClH.Ni/c1-5-19-35(20-6-1)45(36-21-7-2-8-22-36)41-31-29-33-17-13-15-27-39(33)43(41)44-40-28-16-14-18-34(40)30-32-42(44)46(37-23-9-3-10-24-37)38-25-11-4-12-26-38;1-7-5-3-2-4-6-7;;/h1-32H;2-5H,1H3;1H;/q;-1;;+2/p-1/b44-43-;;;. The maximum Gasteiger partial charge on any atom is 2.00 e. The van der Waals surface area contributed by atoms with Crippen molar-refractivity contribution in [1.29, 1.82) is 0 Å². The number of aryl methyl sites for hydroxylation is 1. The number of halogens is 1. The first kappa shape index (κ1) is 39.7. The Kier molecular flexibility index (Phi) is 13.8. The van der Waals surface area contributed by atoms with Gasteiger partial charge in [-0.25, -0.2) is 0 Å². The van der Waals surface area contributed by atoms with E-state index in [0.29, 0.717) is 0 Å². The second-order valence-electron chi connectivity index (χ2n) is 12.9.